The van der Waals surface area contributed by atoms with E-state index < -0.39 is 18.1 Å². The summed E-state index contributed by atoms with van der Waals surface area (Å²) in [7, 11) is 1.56. The molecular formula is C24H27N3O5. The van der Waals surface area contributed by atoms with Gasteiger partial charge in [0.1, 0.15) is 6.54 Å². The zero-order chi connectivity index (χ0) is 22.7. The lowest BCUT2D eigenvalue weighted by molar-refractivity contribution is -0.182. The number of hydrogen-bond donors (Lipinski definition) is 1. The monoisotopic (exact) mass is 437 g/mol. The molecule has 2 saturated heterocycles. The summed E-state index contributed by atoms with van der Waals surface area (Å²) in [5, 5.41) is 4.23. The molecule has 4 rings (SSSR count). The third-order valence-electron chi connectivity index (χ3n) is 5.82. The molecule has 32 heavy (non-hydrogen) atoms. The van der Waals surface area contributed by atoms with Gasteiger partial charge in [-0.05, 0) is 18.1 Å². The van der Waals surface area contributed by atoms with Gasteiger partial charge in [0.15, 0.2) is 6.10 Å². The second kappa shape index (κ2) is 9.60. The van der Waals surface area contributed by atoms with Crippen molar-refractivity contribution < 1.29 is 24.0 Å². The molecule has 2 aromatic carbocycles. The molecule has 168 valence electrons. The summed E-state index contributed by atoms with van der Waals surface area (Å²) in [6.45, 7) is 2.85. The summed E-state index contributed by atoms with van der Waals surface area (Å²) in [6, 6.07) is 16.6. The number of rotatable bonds is 8. The number of nitrogens with zero attached hydrogens (tertiary/aromatic N) is 2. The van der Waals surface area contributed by atoms with Crippen LogP contribution in [0.1, 0.15) is 22.7 Å². The first-order valence-corrected chi connectivity index (χ1v) is 10.6. The third kappa shape index (κ3) is 4.43. The van der Waals surface area contributed by atoms with Gasteiger partial charge in [0, 0.05) is 13.7 Å². The summed E-state index contributed by atoms with van der Waals surface area (Å²) in [5.41, 5.74) is 2.78. The van der Waals surface area contributed by atoms with E-state index in [1.165, 1.54) is 9.96 Å². The van der Waals surface area contributed by atoms with Crippen molar-refractivity contribution in [1.29, 1.82) is 0 Å². The van der Waals surface area contributed by atoms with Crippen LogP contribution in [0.3, 0.4) is 0 Å². The van der Waals surface area contributed by atoms with Gasteiger partial charge in [0.2, 0.25) is 11.8 Å². The quantitative estimate of drug-likeness (QED) is 0.499. The van der Waals surface area contributed by atoms with Gasteiger partial charge in [0.05, 0.1) is 25.1 Å². The van der Waals surface area contributed by atoms with Gasteiger partial charge < -0.3 is 10.1 Å². The highest BCUT2D eigenvalue weighted by Gasteiger charge is 2.59. The number of likely N-dealkylation sites (tertiary alicyclic amines) is 1. The molecule has 0 spiro atoms. The second-order valence-corrected chi connectivity index (χ2v) is 8.07. The lowest BCUT2D eigenvalue weighted by Crippen LogP contribution is -2.41. The maximum Gasteiger partial charge on any atom is 0.261 e. The molecule has 0 aliphatic carbocycles. The van der Waals surface area contributed by atoms with Gasteiger partial charge in [-0.3, -0.25) is 24.1 Å². The van der Waals surface area contributed by atoms with Crippen LogP contribution < -0.4 is 5.32 Å². The van der Waals surface area contributed by atoms with E-state index in [0.29, 0.717) is 13.2 Å². The highest BCUT2D eigenvalue weighted by Crippen LogP contribution is 2.44. The van der Waals surface area contributed by atoms with Crippen LogP contribution in [0.15, 0.2) is 54.6 Å². The summed E-state index contributed by atoms with van der Waals surface area (Å²) in [4.78, 5) is 46.1. The Hall–Kier alpha value is -3.07. The highest BCUT2D eigenvalue weighted by molar-refractivity contribution is 6.07. The number of aryl methyl sites for hydroxylation is 1. The Morgan fingerprint density at radius 2 is 1.78 bits per heavy atom. The Morgan fingerprint density at radius 1 is 1.06 bits per heavy atom. The average Bonchev–Trinajstić information content (AvgIpc) is 3.26. The fourth-order valence-corrected chi connectivity index (χ4v) is 4.21. The first-order chi connectivity index (χ1) is 15.5. The molecule has 8 heteroatoms. The van der Waals surface area contributed by atoms with Gasteiger partial charge in [-0.2, -0.15) is 5.06 Å². The molecule has 8 nitrogen and oxygen atoms in total. The number of benzene rings is 2. The van der Waals surface area contributed by atoms with Crippen molar-refractivity contribution in [3.8, 4) is 0 Å². The zero-order valence-electron chi connectivity index (χ0n) is 18.2. The van der Waals surface area contributed by atoms with E-state index in [1.54, 1.807) is 7.11 Å². The van der Waals surface area contributed by atoms with E-state index in [4.69, 9.17) is 9.57 Å². The molecule has 1 N–H and O–H groups in total. The van der Waals surface area contributed by atoms with E-state index in [-0.39, 0.29) is 30.8 Å². The molecule has 2 fully saturated rings. The standard InChI is InChI=1S/C24H27N3O5/c1-16-8-10-18(11-9-16)21-20-22(32-27(21)15-19(28)25-12-13-31-2)24(30)26(23(20)29)14-17-6-4-3-5-7-17/h3-11,20-22H,12-15H2,1-2H3,(H,25,28). The maximum absolute atomic E-state index is 13.4. The molecule has 2 aliphatic heterocycles. The summed E-state index contributed by atoms with van der Waals surface area (Å²) < 4.78 is 4.96. The van der Waals surface area contributed by atoms with Crippen LogP contribution in [-0.2, 0) is 30.5 Å². The SMILES string of the molecule is COCCNC(=O)CN1OC2C(=O)N(Cc3ccccc3)C(=O)C2C1c1ccc(C)cc1. The topological polar surface area (TPSA) is 88.2 Å². The minimum Gasteiger partial charge on any atom is -0.383 e. The number of imide groups is 1. The smallest absolute Gasteiger partial charge is 0.261 e. The Balaban J connectivity index is 1.58. The number of amides is 3. The summed E-state index contributed by atoms with van der Waals surface area (Å²) in [6.07, 6.45) is -0.940. The molecule has 3 atom stereocenters. The zero-order valence-corrected chi connectivity index (χ0v) is 18.2. The predicted octanol–water partition coefficient (Wildman–Crippen LogP) is 1.60. The third-order valence-corrected chi connectivity index (χ3v) is 5.82. The van der Waals surface area contributed by atoms with Gasteiger partial charge in [-0.1, -0.05) is 60.2 Å². The van der Waals surface area contributed by atoms with Crippen molar-refractivity contribution in [1.82, 2.24) is 15.3 Å². The number of ether oxygens (including phenoxy) is 1. The molecule has 0 aromatic heterocycles. The Kier molecular flexibility index (Phi) is 6.64. The molecule has 2 aromatic rings. The molecule has 2 heterocycles. The number of carbonyl (C=O) groups excluding carboxylic acids is 3. The number of fused-ring (bicyclic) bond motifs is 1. The van der Waals surface area contributed by atoms with Crippen molar-refractivity contribution in [3.05, 3.63) is 71.3 Å². The molecular weight excluding hydrogens is 410 g/mol. The van der Waals surface area contributed by atoms with E-state index in [2.05, 4.69) is 5.32 Å². The lowest BCUT2D eigenvalue weighted by Gasteiger charge is -2.27. The van der Waals surface area contributed by atoms with Gasteiger partial charge in [0.25, 0.3) is 5.91 Å². The van der Waals surface area contributed by atoms with E-state index in [1.807, 2.05) is 61.5 Å². The molecule has 3 amide bonds. The van der Waals surface area contributed by atoms with Crippen molar-refractivity contribution in [2.24, 2.45) is 5.92 Å². The van der Waals surface area contributed by atoms with Crippen LogP contribution >= 0.6 is 0 Å². The van der Waals surface area contributed by atoms with Crippen molar-refractivity contribution in [2.75, 3.05) is 26.8 Å². The Morgan fingerprint density at radius 3 is 2.47 bits per heavy atom. The van der Waals surface area contributed by atoms with Crippen LogP contribution in [0.5, 0.6) is 0 Å². The highest BCUT2D eigenvalue weighted by atomic mass is 16.7. The first kappa shape index (κ1) is 22.1. The summed E-state index contributed by atoms with van der Waals surface area (Å²) >= 11 is 0. The molecule has 3 unspecified atom stereocenters. The first-order valence-electron chi connectivity index (χ1n) is 10.6. The minimum atomic E-state index is -0.940. The fourth-order valence-electron chi connectivity index (χ4n) is 4.21. The molecule has 2 aliphatic rings. The average molecular weight is 437 g/mol. The Bertz CT molecular complexity index is 979. The van der Waals surface area contributed by atoms with Gasteiger partial charge >= 0.3 is 0 Å². The van der Waals surface area contributed by atoms with Crippen molar-refractivity contribution >= 4 is 17.7 Å². The predicted molar refractivity (Wildman–Crippen MR) is 116 cm³/mol. The molecule has 0 saturated carbocycles. The van der Waals surface area contributed by atoms with Crippen molar-refractivity contribution in [3.63, 3.8) is 0 Å². The number of nitrogens with one attached hydrogen (secondary N) is 1. The van der Waals surface area contributed by atoms with Crippen LogP contribution in [0.25, 0.3) is 0 Å². The largest absolute Gasteiger partial charge is 0.383 e. The molecule has 0 bridgehead atoms. The number of hydroxylamine groups is 2. The van der Waals surface area contributed by atoms with Crippen LogP contribution in [-0.4, -0.2) is 60.6 Å². The maximum atomic E-state index is 13.4. The Labute approximate surface area is 187 Å². The van der Waals surface area contributed by atoms with E-state index in [9.17, 15) is 14.4 Å². The van der Waals surface area contributed by atoms with E-state index >= 15 is 0 Å². The minimum absolute atomic E-state index is 0.0888. The number of methoxy groups -OCH3 is 1. The fraction of sp³-hybridized carbons (Fsp3) is 0.375. The van der Waals surface area contributed by atoms with Crippen LogP contribution in [0.2, 0.25) is 0 Å². The lowest BCUT2D eigenvalue weighted by atomic mass is 9.90. The van der Waals surface area contributed by atoms with Gasteiger partial charge in [-0.15, -0.1) is 0 Å². The number of hydrogen-bond acceptors (Lipinski definition) is 6. The van der Waals surface area contributed by atoms with Crippen LogP contribution in [0.4, 0.5) is 0 Å². The van der Waals surface area contributed by atoms with E-state index in [0.717, 1.165) is 16.7 Å². The second-order valence-electron chi connectivity index (χ2n) is 8.07. The normalized spacial score (nSPS) is 22.9. The number of carbonyl (C=O) groups is 3. The van der Waals surface area contributed by atoms with Crippen LogP contribution in [0, 0.1) is 12.8 Å². The molecule has 0 radical (unpaired) electrons. The van der Waals surface area contributed by atoms with Crippen molar-refractivity contribution in [2.45, 2.75) is 25.6 Å². The van der Waals surface area contributed by atoms with Gasteiger partial charge in [-0.25, -0.2) is 0 Å². The summed E-state index contributed by atoms with van der Waals surface area (Å²) in [5.74, 6) is -1.62.